The SMILES string of the molecule is COC(=O)CC[C@H](NC(=O)C(C)N)C(=O)O. The summed E-state index contributed by atoms with van der Waals surface area (Å²) in [6.07, 6.45) is -0.104. The summed E-state index contributed by atoms with van der Waals surface area (Å²) in [5, 5.41) is 11.0. The van der Waals surface area contributed by atoms with Crippen LogP contribution in [0.5, 0.6) is 0 Å². The van der Waals surface area contributed by atoms with Gasteiger partial charge in [0.25, 0.3) is 0 Å². The van der Waals surface area contributed by atoms with Crippen molar-refractivity contribution in [3.05, 3.63) is 0 Å². The number of nitrogens with one attached hydrogen (secondary N) is 1. The molecule has 7 heteroatoms. The Kier molecular flexibility index (Phi) is 6.09. The van der Waals surface area contributed by atoms with E-state index in [-0.39, 0.29) is 12.8 Å². The van der Waals surface area contributed by atoms with E-state index >= 15 is 0 Å². The largest absolute Gasteiger partial charge is 0.480 e. The maximum Gasteiger partial charge on any atom is 0.326 e. The average molecular weight is 232 g/mol. The van der Waals surface area contributed by atoms with Gasteiger partial charge in [-0.05, 0) is 13.3 Å². The second-order valence-corrected chi connectivity index (χ2v) is 3.30. The molecule has 0 aromatic carbocycles. The van der Waals surface area contributed by atoms with E-state index in [0.717, 1.165) is 0 Å². The second-order valence-electron chi connectivity index (χ2n) is 3.30. The molecule has 0 saturated heterocycles. The lowest BCUT2D eigenvalue weighted by molar-refractivity contribution is -0.144. The first kappa shape index (κ1) is 14.4. The van der Waals surface area contributed by atoms with Crippen LogP contribution in [-0.4, -0.2) is 42.1 Å². The minimum atomic E-state index is -1.21. The summed E-state index contributed by atoms with van der Waals surface area (Å²) in [4.78, 5) is 32.7. The van der Waals surface area contributed by atoms with E-state index < -0.39 is 29.9 Å². The molecule has 0 rings (SSSR count). The summed E-state index contributed by atoms with van der Waals surface area (Å²) in [6, 6.07) is -1.92. The molecule has 0 radical (unpaired) electrons. The minimum absolute atomic E-state index is 0.0273. The molecule has 92 valence electrons. The maximum atomic E-state index is 11.2. The molecule has 0 aliphatic heterocycles. The summed E-state index contributed by atoms with van der Waals surface area (Å²) in [6.45, 7) is 1.44. The smallest absolute Gasteiger partial charge is 0.326 e. The quantitative estimate of drug-likeness (QED) is 0.498. The van der Waals surface area contributed by atoms with Crippen molar-refractivity contribution in [1.29, 1.82) is 0 Å². The van der Waals surface area contributed by atoms with Gasteiger partial charge in [-0.15, -0.1) is 0 Å². The van der Waals surface area contributed by atoms with Crippen LogP contribution in [0.25, 0.3) is 0 Å². The van der Waals surface area contributed by atoms with E-state index in [9.17, 15) is 14.4 Å². The third kappa shape index (κ3) is 5.30. The van der Waals surface area contributed by atoms with Crippen LogP contribution in [0.15, 0.2) is 0 Å². The van der Waals surface area contributed by atoms with E-state index in [0.29, 0.717) is 0 Å². The predicted molar refractivity (Wildman–Crippen MR) is 54.5 cm³/mol. The summed E-state index contributed by atoms with van der Waals surface area (Å²) >= 11 is 0. The van der Waals surface area contributed by atoms with Gasteiger partial charge in [0, 0.05) is 6.42 Å². The highest BCUT2D eigenvalue weighted by Crippen LogP contribution is 2.00. The molecule has 0 aromatic rings. The van der Waals surface area contributed by atoms with Gasteiger partial charge in [0.05, 0.1) is 13.2 Å². The number of hydrogen-bond donors (Lipinski definition) is 3. The number of rotatable bonds is 6. The monoisotopic (exact) mass is 232 g/mol. The van der Waals surface area contributed by atoms with Crippen LogP contribution in [0.1, 0.15) is 19.8 Å². The summed E-state index contributed by atoms with van der Waals surface area (Å²) < 4.78 is 4.36. The highest BCUT2D eigenvalue weighted by Gasteiger charge is 2.22. The van der Waals surface area contributed by atoms with Crippen molar-refractivity contribution in [2.45, 2.75) is 31.8 Å². The van der Waals surface area contributed by atoms with Gasteiger partial charge in [-0.3, -0.25) is 9.59 Å². The summed E-state index contributed by atoms with van der Waals surface area (Å²) in [7, 11) is 1.21. The summed E-state index contributed by atoms with van der Waals surface area (Å²) in [5.74, 6) is -2.31. The Balaban J connectivity index is 4.24. The number of carbonyl (C=O) groups is 3. The number of esters is 1. The van der Waals surface area contributed by atoms with E-state index in [2.05, 4.69) is 10.1 Å². The third-order valence-corrected chi connectivity index (χ3v) is 1.89. The second kappa shape index (κ2) is 6.78. The Hall–Kier alpha value is -1.63. The van der Waals surface area contributed by atoms with Crippen LogP contribution in [-0.2, 0) is 19.1 Å². The molecule has 2 atom stereocenters. The van der Waals surface area contributed by atoms with Crippen molar-refractivity contribution in [2.24, 2.45) is 5.73 Å². The van der Waals surface area contributed by atoms with Gasteiger partial charge in [0.2, 0.25) is 5.91 Å². The molecule has 0 saturated carbocycles. The number of carboxylic acids is 1. The molecule has 7 nitrogen and oxygen atoms in total. The van der Waals surface area contributed by atoms with Gasteiger partial charge in [0.15, 0.2) is 0 Å². The Bertz CT molecular complexity index is 277. The maximum absolute atomic E-state index is 11.2. The fourth-order valence-corrected chi connectivity index (χ4v) is 0.925. The van der Waals surface area contributed by atoms with Crippen molar-refractivity contribution in [3.63, 3.8) is 0 Å². The molecule has 0 spiro atoms. The molecular formula is C9H16N2O5. The lowest BCUT2D eigenvalue weighted by atomic mass is 10.1. The molecule has 0 fully saturated rings. The van der Waals surface area contributed by atoms with Gasteiger partial charge >= 0.3 is 11.9 Å². The first-order valence-corrected chi connectivity index (χ1v) is 4.74. The van der Waals surface area contributed by atoms with E-state index in [1.54, 1.807) is 0 Å². The number of ether oxygens (including phenoxy) is 1. The zero-order valence-electron chi connectivity index (χ0n) is 9.23. The van der Waals surface area contributed by atoms with Crippen LogP contribution in [0.2, 0.25) is 0 Å². The molecule has 0 aliphatic rings. The lowest BCUT2D eigenvalue weighted by Gasteiger charge is -2.15. The van der Waals surface area contributed by atoms with Gasteiger partial charge in [-0.1, -0.05) is 0 Å². The standard InChI is InChI=1S/C9H16N2O5/c1-5(10)8(13)11-6(9(14)15)3-4-7(12)16-2/h5-6H,3-4,10H2,1-2H3,(H,11,13)(H,14,15)/t5?,6-/m0/s1. The molecule has 0 aromatic heterocycles. The van der Waals surface area contributed by atoms with Crippen molar-refractivity contribution < 1.29 is 24.2 Å². The Morgan fingerprint density at radius 1 is 1.44 bits per heavy atom. The Morgan fingerprint density at radius 2 is 2.00 bits per heavy atom. The van der Waals surface area contributed by atoms with Crippen molar-refractivity contribution in [3.8, 4) is 0 Å². The zero-order chi connectivity index (χ0) is 12.7. The molecule has 0 bridgehead atoms. The molecule has 0 aliphatic carbocycles. The topological polar surface area (TPSA) is 119 Å². The number of hydrogen-bond acceptors (Lipinski definition) is 5. The van der Waals surface area contributed by atoms with E-state index in [4.69, 9.17) is 10.8 Å². The van der Waals surface area contributed by atoms with E-state index in [1.807, 2.05) is 0 Å². The number of aliphatic carboxylic acids is 1. The van der Waals surface area contributed by atoms with Gasteiger partial charge in [-0.25, -0.2) is 4.79 Å². The Morgan fingerprint density at radius 3 is 2.38 bits per heavy atom. The number of carboxylic acid groups (broad SMARTS) is 1. The molecule has 0 heterocycles. The lowest BCUT2D eigenvalue weighted by Crippen LogP contribution is -2.47. The number of nitrogens with two attached hydrogens (primary N) is 1. The zero-order valence-corrected chi connectivity index (χ0v) is 9.23. The summed E-state index contributed by atoms with van der Waals surface area (Å²) in [5.41, 5.74) is 5.27. The first-order chi connectivity index (χ1) is 7.38. The Labute approximate surface area is 92.9 Å². The molecule has 1 unspecified atom stereocenters. The van der Waals surface area contributed by atoms with Crippen LogP contribution in [0.3, 0.4) is 0 Å². The van der Waals surface area contributed by atoms with Gasteiger partial charge in [-0.2, -0.15) is 0 Å². The van der Waals surface area contributed by atoms with Crippen molar-refractivity contribution in [1.82, 2.24) is 5.32 Å². The molecule has 16 heavy (non-hydrogen) atoms. The average Bonchev–Trinajstić information content (AvgIpc) is 2.22. The van der Waals surface area contributed by atoms with Crippen LogP contribution < -0.4 is 11.1 Å². The highest BCUT2D eigenvalue weighted by molar-refractivity contribution is 5.86. The highest BCUT2D eigenvalue weighted by atomic mass is 16.5. The number of methoxy groups -OCH3 is 1. The fraction of sp³-hybridized carbons (Fsp3) is 0.667. The third-order valence-electron chi connectivity index (χ3n) is 1.89. The van der Waals surface area contributed by atoms with Gasteiger partial charge < -0.3 is 20.9 Å². The normalized spacial score (nSPS) is 13.7. The predicted octanol–water partition coefficient (Wildman–Crippen LogP) is -1.14. The molecule has 4 N–H and O–H groups in total. The first-order valence-electron chi connectivity index (χ1n) is 4.74. The van der Waals surface area contributed by atoms with Gasteiger partial charge in [0.1, 0.15) is 6.04 Å². The molecular weight excluding hydrogens is 216 g/mol. The molecule has 1 amide bonds. The fourth-order valence-electron chi connectivity index (χ4n) is 0.925. The number of carbonyl (C=O) groups excluding carboxylic acids is 2. The van der Waals surface area contributed by atoms with Crippen LogP contribution >= 0.6 is 0 Å². The van der Waals surface area contributed by atoms with Crippen molar-refractivity contribution >= 4 is 17.8 Å². The number of amides is 1. The van der Waals surface area contributed by atoms with E-state index in [1.165, 1.54) is 14.0 Å². The van der Waals surface area contributed by atoms with Crippen LogP contribution in [0.4, 0.5) is 0 Å². The minimum Gasteiger partial charge on any atom is -0.480 e. The van der Waals surface area contributed by atoms with Crippen molar-refractivity contribution in [2.75, 3.05) is 7.11 Å². The van der Waals surface area contributed by atoms with Crippen LogP contribution in [0, 0.1) is 0 Å².